The summed E-state index contributed by atoms with van der Waals surface area (Å²) in [6.07, 6.45) is 5.11. The van der Waals surface area contributed by atoms with Crippen LogP contribution in [0.3, 0.4) is 0 Å². The van der Waals surface area contributed by atoms with E-state index in [0.29, 0.717) is 6.04 Å². The lowest BCUT2D eigenvalue weighted by molar-refractivity contribution is 0.490. The van der Waals surface area contributed by atoms with Crippen LogP contribution in [0.4, 0.5) is 5.95 Å². The maximum Gasteiger partial charge on any atom is 0.224 e. The van der Waals surface area contributed by atoms with E-state index in [-0.39, 0.29) is 0 Å². The Bertz CT molecular complexity index is 325. The quantitative estimate of drug-likeness (QED) is 0.784. The summed E-state index contributed by atoms with van der Waals surface area (Å²) >= 11 is 0. The van der Waals surface area contributed by atoms with Gasteiger partial charge in [0, 0.05) is 38.4 Å². The summed E-state index contributed by atoms with van der Waals surface area (Å²) in [5.74, 6) is 0.785. The van der Waals surface area contributed by atoms with E-state index in [1.807, 2.05) is 31.3 Å². The molecule has 4 heteroatoms. The summed E-state index contributed by atoms with van der Waals surface area (Å²) < 4.78 is 0. The fraction of sp³-hybridized carbons (Fsp3) is 0.692. The number of rotatable bonds is 7. The molecule has 96 valence electrons. The topological polar surface area (TPSA) is 41.1 Å². The van der Waals surface area contributed by atoms with Crippen LogP contribution in [-0.4, -0.2) is 36.6 Å². The highest BCUT2D eigenvalue weighted by molar-refractivity contribution is 5.27. The summed E-state index contributed by atoms with van der Waals surface area (Å²) in [4.78, 5) is 10.7. The molecule has 1 heterocycles. The van der Waals surface area contributed by atoms with Gasteiger partial charge in [-0.05, 0) is 25.5 Å². The molecule has 0 aliphatic carbocycles. The van der Waals surface area contributed by atoms with Gasteiger partial charge in [-0.3, -0.25) is 0 Å². The Kier molecular flexibility index (Phi) is 5.91. The molecule has 0 amide bonds. The molecule has 17 heavy (non-hydrogen) atoms. The first-order valence-electron chi connectivity index (χ1n) is 6.40. The molecule has 0 radical (unpaired) electrons. The Morgan fingerprint density at radius 1 is 1.35 bits per heavy atom. The summed E-state index contributed by atoms with van der Waals surface area (Å²) in [5.41, 5.74) is 1.11. The highest BCUT2D eigenvalue weighted by atomic mass is 15.2. The Morgan fingerprint density at radius 3 is 2.71 bits per heavy atom. The van der Waals surface area contributed by atoms with Crippen molar-refractivity contribution in [2.24, 2.45) is 0 Å². The molecule has 1 rings (SSSR count). The van der Waals surface area contributed by atoms with E-state index in [2.05, 4.69) is 29.1 Å². The number of hydrogen-bond acceptors (Lipinski definition) is 4. The Balaban J connectivity index is 2.62. The average molecular weight is 236 g/mol. The second kappa shape index (κ2) is 7.22. The van der Waals surface area contributed by atoms with Crippen LogP contribution < -0.4 is 10.2 Å². The lowest BCUT2D eigenvalue weighted by Gasteiger charge is -2.17. The molecule has 4 nitrogen and oxygen atoms in total. The lowest BCUT2D eigenvalue weighted by atomic mass is 10.1. The highest BCUT2D eigenvalue weighted by Crippen LogP contribution is 2.07. The van der Waals surface area contributed by atoms with E-state index in [1.54, 1.807) is 0 Å². The maximum atomic E-state index is 4.54. The highest BCUT2D eigenvalue weighted by Gasteiger charge is 2.08. The van der Waals surface area contributed by atoms with Crippen LogP contribution in [0, 0.1) is 0 Å². The maximum absolute atomic E-state index is 4.54. The van der Waals surface area contributed by atoms with Gasteiger partial charge < -0.3 is 10.2 Å². The fourth-order valence-electron chi connectivity index (χ4n) is 1.68. The molecule has 0 aromatic carbocycles. The van der Waals surface area contributed by atoms with Gasteiger partial charge in [0.2, 0.25) is 5.95 Å². The van der Waals surface area contributed by atoms with Crippen molar-refractivity contribution in [1.29, 1.82) is 0 Å². The monoisotopic (exact) mass is 236 g/mol. The third kappa shape index (κ3) is 4.69. The molecule has 0 aliphatic heterocycles. The van der Waals surface area contributed by atoms with E-state index in [4.69, 9.17) is 0 Å². The van der Waals surface area contributed by atoms with Gasteiger partial charge in [-0.2, -0.15) is 0 Å². The molecule has 0 fully saturated rings. The minimum absolute atomic E-state index is 0.514. The first-order chi connectivity index (χ1) is 8.17. The SMILES string of the molecule is CCCNC(CC)Cc1ccnc(N(C)C)n1. The van der Waals surface area contributed by atoms with Crippen LogP contribution in [0.1, 0.15) is 32.4 Å². The molecule has 1 aromatic rings. The second-order valence-corrected chi connectivity index (χ2v) is 4.51. The molecule has 0 bridgehead atoms. The molecule has 0 spiro atoms. The number of anilines is 1. The fourth-order valence-corrected chi connectivity index (χ4v) is 1.68. The zero-order chi connectivity index (χ0) is 12.7. The zero-order valence-corrected chi connectivity index (χ0v) is 11.4. The standard InChI is InChI=1S/C13H24N4/c1-5-8-14-11(6-2)10-12-7-9-15-13(16-12)17(3)4/h7,9,11,14H,5-6,8,10H2,1-4H3. The average Bonchev–Trinajstić information content (AvgIpc) is 2.34. The predicted octanol–water partition coefficient (Wildman–Crippen LogP) is 1.86. The van der Waals surface area contributed by atoms with Gasteiger partial charge in [-0.1, -0.05) is 13.8 Å². The Hall–Kier alpha value is -1.16. The van der Waals surface area contributed by atoms with Gasteiger partial charge in [0.15, 0.2) is 0 Å². The van der Waals surface area contributed by atoms with Crippen molar-refractivity contribution >= 4 is 5.95 Å². The lowest BCUT2D eigenvalue weighted by Crippen LogP contribution is -2.31. The Labute approximate surface area is 104 Å². The van der Waals surface area contributed by atoms with Crippen molar-refractivity contribution in [2.45, 2.75) is 39.2 Å². The predicted molar refractivity (Wildman–Crippen MR) is 72.4 cm³/mol. The van der Waals surface area contributed by atoms with E-state index in [1.165, 1.54) is 6.42 Å². The van der Waals surface area contributed by atoms with Crippen molar-refractivity contribution in [1.82, 2.24) is 15.3 Å². The van der Waals surface area contributed by atoms with E-state index in [9.17, 15) is 0 Å². The summed E-state index contributed by atoms with van der Waals surface area (Å²) in [7, 11) is 3.93. The van der Waals surface area contributed by atoms with E-state index < -0.39 is 0 Å². The number of nitrogens with one attached hydrogen (secondary N) is 1. The first-order valence-corrected chi connectivity index (χ1v) is 6.40. The molecule has 0 saturated carbocycles. The van der Waals surface area contributed by atoms with E-state index >= 15 is 0 Å². The van der Waals surface area contributed by atoms with Crippen LogP contribution in [0.15, 0.2) is 12.3 Å². The molecule has 1 atom stereocenters. The smallest absolute Gasteiger partial charge is 0.224 e. The van der Waals surface area contributed by atoms with Crippen molar-refractivity contribution in [2.75, 3.05) is 25.5 Å². The summed E-state index contributed by atoms with van der Waals surface area (Å²) in [6, 6.07) is 2.52. The normalized spacial score (nSPS) is 12.5. The van der Waals surface area contributed by atoms with Crippen molar-refractivity contribution in [3.8, 4) is 0 Å². The van der Waals surface area contributed by atoms with Crippen LogP contribution >= 0.6 is 0 Å². The largest absolute Gasteiger partial charge is 0.347 e. The molecule has 0 saturated heterocycles. The molecule has 1 N–H and O–H groups in total. The van der Waals surface area contributed by atoms with Gasteiger partial charge >= 0.3 is 0 Å². The van der Waals surface area contributed by atoms with E-state index in [0.717, 1.165) is 31.0 Å². The van der Waals surface area contributed by atoms with Gasteiger partial charge in [0.05, 0.1) is 0 Å². The number of aromatic nitrogens is 2. The van der Waals surface area contributed by atoms with Crippen molar-refractivity contribution in [3.05, 3.63) is 18.0 Å². The van der Waals surface area contributed by atoms with Gasteiger partial charge in [-0.25, -0.2) is 9.97 Å². The molecular formula is C13H24N4. The van der Waals surface area contributed by atoms with Crippen LogP contribution in [0.25, 0.3) is 0 Å². The third-order valence-corrected chi connectivity index (χ3v) is 2.73. The number of hydrogen-bond donors (Lipinski definition) is 1. The Morgan fingerprint density at radius 2 is 2.12 bits per heavy atom. The summed E-state index contributed by atoms with van der Waals surface area (Å²) in [6.45, 7) is 5.47. The van der Waals surface area contributed by atoms with Crippen molar-refractivity contribution in [3.63, 3.8) is 0 Å². The molecule has 0 aliphatic rings. The molecule has 1 unspecified atom stereocenters. The number of nitrogens with zero attached hydrogens (tertiary/aromatic N) is 3. The van der Waals surface area contributed by atoms with Crippen LogP contribution in [0.5, 0.6) is 0 Å². The molecule has 1 aromatic heterocycles. The van der Waals surface area contributed by atoms with Gasteiger partial charge in [-0.15, -0.1) is 0 Å². The molecular weight excluding hydrogens is 212 g/mol. The van der Waals surface area contributed by atoms with Crippen molar-refractivity contribution < 1.29 is 0 Å². The van der Waals surface area contributed by atoms with Crippen LogP contribution in [-0.2, 0) is 6.42 Å². The first kappa shape index (κ1) is 13.9. The summed E-state index contributed by atoms with van der Waals surface area (Å²) in [5, 5.41) is 3.54. The minimum Gasteiger partial charge on any atom is -0.347 e. The van der Waals surface area contributed by atoms with Crippen LogP contribution in [0.2, 0.25) is 0 Å². The third-order valence-electron chi connectivity index (χ3n) is 2.73. The second-order valence-electron chi connectivity index (χ2n) is 4.51. The minimum atomic E-state index is 0.514. The zero-order valence-electron chi connectivity index (χ0n) is 11.4. The van der Waals surface area contributed by atoms with Gasteiger partial charge in [0.25, 0.3) is 0 Å². The van der Waals surface area contributed by atoms with Gasteiger partial charge in [0.1, 0.15) is 0 Å².